The van der Waals surface area contributed by atoms with Crippen LogP contribution in [0.1, 0.15) is 26.3 Å². The molecular weight excluding hydrogens is 212 g/mol. The van der Waals surface area contributed by atoms with E-state index < -0.39 is 0 Å². The van der Waals surface area contributed by atoms with E-state index in [1.807, 2.05) is 38.1 Å². The van der Waals surface area contributed by atoms with E-state index in [0.29, 0.717) is 0 Å². The number of nitrogens with one attached hydrogen (secondary N) is 1. The van der Waals surface area contributed by atoms with Gasteiger partial charge in [-0.1, -0.05) is 31.5 Å². The lowest BCUT2D eigenvalue weighted by Crippen LogP contribution is -2.41. The zero-order valence-electron chi connectivity index (χ0n) is 11.2. The molecule has 0 fully saturated rings. The Morgan fingerprint density at radius 1 is 1.24 bits per heavy atom. The number of nitrogens with zero attached hydrogens (tertiary/aromatic N) is 1. The summed E-state index contributed by atoms with van der Waals surface area (Å²) in [5.74, 6) is 0.0533. The first-order chi connectivity index (χ1) is 8.08. The highest BCUT2D eigenvalue weighted by atomic mass is 16.2. The largest absolute Gasteiger partial charge is 0.325 e. The molecule has 0 bridgehead atoms. The van der Waals surface area contributed by atoms with E-state index >= 15 is 0 Å². The van der Waals surface area contributed by atoms with E-state index in [9.17, 15) is 4.79 Å². The molecule has 17 heavy (non-hydrogen) atoms. The summed E-state index contributed by atoms with van der Waals surface area (Å²) in [7, 11) is 0. The number of carbonyl (C=O) groups excluding carboxylic acids is 1. The number of hydrogen-bond acceptors (Lipinski definition) is 2. The Hall–Kier alpha value is -1.35. The van der Waals surface area contributed by atoms with Crippen molar-refractivity contribution in [3.8, 4) is 0 Å². The van der Waals surface area contributed by atoms with Crippen LogP contribution in [0.5, 0.6) is 0 Å². The Balaban J connectivity index is 2.62. The Labute approximate surface area is 104 Å². The van der Waals surface area contributed by atoms with E-state index in [1.54, 1.807) is 0 Å². The van der Waals surface area contributed by atoms with E-state index in [4.69, 9.17) is 0 Å². The maximum Gasteiger partial charge on any atom is 0.241 e. The highest BCUT2D eigenvalue weighted by Crippen LogP contribution is 2.10. The molecule has 0 heterocycles. The summed E-state index contributed by atoms with van der Waals surface area (Å²) in [5, 5.41) is 2.94. The Morgan fingerprint density at radius 3 is 2.24 bits per heavy atom. The normalized spacial score (nSPS) is 12.5. The molecule has 1 aromatic rings. The number of anilines is 1. The van der Waals surface area contributed by atoms with Gasteiger partial charge in [0.1, 0.15) is 0 Å². The van der Waals surface area contributed by atoms with Crippen molar-refractivity contribution in [3.63, 3.8) is 0 Å². The standard InChI is InChI=1S/C14H22N2O/c1-5-16(6-2)12(4)14(17)15-13-9-7-11(3)8-10-13/h7-10,12H,5-6H2,1-4H3,(H,15,17). The highest BCUT2D eigenvalue weighted by molar-refractivity contribution is 5.94. The summed E-state index contributed by atoms with van der Waals surface area (Å²) in [6, 6.07) is 7.77. The summed E-state index contributed by atoms with van der Waals surface area (Å²) in [6.45, 7) is 9.89. The molecule has 0 spiro atoms. The van der Waals surface area contributed by atoms with Gasteiger partial charge in [-0.15, -0.1) is 0 Å². The molecule has 94 valence electrons. The molecule has 3 heteroatoms. The van der Waals surface area contributed by atoms with Crippen LogP contribution in [0.2, 0.25) is 0 Å². The smallest absolute Gasteiger partial charge is 0.241 e. The lowest BCUT2D eigenvalue weighted by molar-refractivity contribution is -0.120. The average Bonchev–Trinajstić information content (AvgIpc) is 2.33. The predicted molar refractivity (Wildman–Crippen MR) is 72.2 cm³/mol. The molecule has 1 unspecified atom stereocenters. The van der Waals surface area contributed by atoms with Crippen LogP contribution < -0.4 is 5.32 Å². The van der Waals surface area contributed by atoms with Gasteiger partial charge in [-0.2, -0.15) is 0 Å². The molecule has 0 aliphatic rings. The Bertz CT molecular complexity index is 355. The van der Waals surface area contributed by atoms with Crippen LogP contribution in [0, 0.1) is 6.92 Å². The third-order valence-electron chi connectivity index (χ3n) is 3.06. The van der Waals surface area contributed by atoms with Crippen molar-refractivity contribution in [2.75, 3.05) is 18.4 Å². The number of benzene rings is 1. The van der Waals surface area contributed by atoms with Crippen molar-refractivity contribution in [1.29, 1.82) is 0 Å². The lowest BCUT2D eigenvalue weighted by Gasteiger charge is -2.25. The number of hydrogen-bond donors (Lipinski definition) is 1. The van der Waals surface area contributed by atoms with Crippen molar-refractivity contribution in [3.05, 3.63) is 29.8 Å². The monoisotopic (exact) mass is 234 g/mol. The molecule has 0 aromatic heterocycles. The fourth-order valence-corrected chi connectivity index (χ4v) is 1.82. The SMILES string of the molecule is CCN(CC)C(C)C(=O)Nc1ccc(C)cc1. The maximum atomic E-state index is 12.0. The molecular formula is C14H22N2O. The summed E-state index contributed by atoms with van der Waals surface area (Å²) in [6.07, 6.45) is 0. The first-order valence-corrected chi connectivity index (χ1v) is 6.20. The van der Waals surface area contributed by atoms with E-state index in [2.05, 4.69) is 24.1 Å². The molecule has 0 aliphatic heterocycles. The van der Waals surface area contributed by atoms with Gasteiger partial charge in [0.05, 0.1) is 6.04 Å². The van der Waals surface area contributed by atoms with Gasteiger partial charge in [-0.05, 0) is 39.1 Å². The van der Waals surface area contributed by atoms with Crippen molar-refractivity contribution in [2.45, 2.75) is 33.7 Å². The van der Waals surface area contributed by atoms with E-state index in [1.165, 1.54) is 5.56 Å². The fourth-order valence-electron chi connectivity index (χ4n) is 1.82. The topological polar surface area (TPSA) is 32.3 Å². The van der Waals surface area contributed by atoms with Crippen LogP contribution in [-0.4, -0.2) is 29.9 Å². The van der Waals surface area contributed by atoms with Crippen LogP contribution in [0.3, 0.4) is 0 Å². The van der Waals surface area contributed by atoms with Crippen LogP contribution in [-0.2, 0) is 4.79 Å². The number of amides is 1. The molecule has 3 nitrogen and oxygen atoms in total. The molecule has 1 amide bonds. The van der Waals surface area contributed by atoms with Gasteiger partial charge in [0.25, 0.3) is 0 Å². The van der Waals surface area contributed by atoms with Gasteiger partial charge in [0.2, 0.25) is 5.91 Å². The first kappa shape index (κ1) is 13.7. The van der Waals surface area contributed by atoms with Gasteiger partial charge in [0, 0.05) is 5.69 Å². The lowest BCUT2D eigenvalue weighted by atomic mass is 10.2. The third-order valence-corrected chi connectivity index (χ3v) is 3.06. The Morgan fingerprint density at radius 2 is 1.76 bits per heavy atom. The quantitative estimate of drug-likeness (QED) is 0.849. The molecule has 1 N–H and O–H groups in total. The second-order valence-corrected chi connectivity index (χ2v) is 4.25. The number of rotatable bonds is 5. The zero-order valence-corrected chi connectivity index (χ0v) is 11.2. The fraction of sp³-hybridized carbons (Fsp3) is 0.500. The third kappa shape index (κ3) is 3.86. The van der Waals surface area contributed by atoms with Gasteiger partial charge in [-0.3, -0.25) is 9.69 Å². The van der Waals surface area contributed by atoms with E-state index in [-0.39, 0.29) is 11.9 Å². The Kier molecular flexibility index (Phi) is 5.16. The summed E-state index contributed by atoms with van der Waals surface area (Å²) in [4.78, 5) is 14.1. The number of aryl methyl sites for hydroxylation is 1. The second kappa shape index (κ2) is 6.40. The maximum absolute atomic E-state index is 12.0. The summed E-state index contributed by atoms with van der Waals surface area (Å²) in [5.41, 5.74) is 2.05. The molecule has 0 aliphatic carbocycles. The molecule has 1 rings (SSSR count). The van der Waals surface area contributed by atoms with Crippen molar-refractivity contribution < 1.29 is 4.79 Å². The van der Waals surface area contributed by atoms with Crippen molar-refractivity contribution in [2.24, 2.45) is 0 Å². The molecule has 0 saturated heterocycles. The summed E-state index contributed by atoms with van der Waals surface area (Å²) < 4.78 is 0. The highest BCUT2D eigenvalue weighted by Gasteiger charge is 2.18. The first-order valence-electron chi connectivity index (χ1n) is 6.20. The van der Waals surface area contributed by atoms with Crippen LogP contribution in [0.25, 0.3) is 0 Å². The van der Waals surface area contributed by atoms with Crippen LogP contribution >= 0.6 is 0 Å². The van der Waals surface area contributed by atoms with Crippen molar-refractivity contribution in [1.82, 2.24) is 4.90 Å². The average molecular weight is 234 g/mol. The van der Waals surface area contributed by atoms with Gasteiger partial charge in [-0.25, -0.2) is 0 Å². The van der Waals surface area contributed by atoms with Gasteiger partial charge in [0.15, 0.2) is 0 Å². The minimum absolute atomic E-state index is 0.0533. The van der Waals surface area contributed by atoms with E-state index in [0.717, 1.165) is 18.8 Å². The van der Waals surface area contributed by atoms with Gasteiger partial charge >= 0.3 is 0 Å². The number of carbonyl (C=O) groups is 1. The predicted octanol–water partition coefficient (Wildman–Crippen LogP) is 2.66. The van der Waals surface area contributed by atoms with Gasteiger partial charge < -0.3 is 5.32 Å². The number of likely N-dealkylation sites (N-methyl/N-ethyl adjacent to an activating group) is 1. The summed E-state index contributed by atoms with van der Waals surface area (Å²) >= 11 is 0. The minimum atomic E-state index is -0.0914. The van der Waals surface area contributed by atoms with Crippen molar-refractivity contribution >= 4 is 11.6 Å². The van der Waals surface area contributed by atoms with Crippen LogP contribution in [0.15, 0.2) is 24.3 Å². The molecule has 0 saturated carbocycles. The zero-order chi connectivity index (χ0) is 12.8. The molecule has 1 atom stereocenters. The molecule has 0 radical (unpaired) electrons. The molecule has 1 aromatic carbocycles. The second-order valence-electron chi connectivity index (χ2n) is 4.25. The van der Waals surface area contributed by atoms with Crippen LogP contribution in [0.4, 0.5) is 5.69 Å². The minimum Gasteiger partial charge on any atom is -0.325 e.